The molecule has 3 aromatic rings. The Balaban J connectivity index is 1.40. The molecule has 0 amide bonds. The van der Waals surface area contributed by atoms with Gasteiger partial charge in [0.1, 0.15) is 6.61 Å². The van der Waals surface area contributed by atoms with E-state index in [1.165, 1.54) is 10.8 Å². The Morgan fingerprint density at radius 3 is 2.15 bits per heavy atom. The topological polar surface area (TPSA) is 55.8 Å². The van der Waals surface area contributed by atoms with Crippen LogP contribution < -0.4 is 9.47 Å². The predicted molar refractivity (Wildman–Crippen MR) is 153 cm³/mol. The lowest BCUT2D eigenvalue weighted by Crippen LogP contribution is -2.39. The molecule has 0 spiro atoms. The summed E-state index contributed by atoms with van der Waals surface area (Å²) in [5, 5.41) is 2.35. The van der Waals surface area contributed by atoms with E-state index in [1.807, 2.05) is 37.3 Å². The number of allylic oxidation sites excluding steroid dienone is 4. The van der Waals surface area contributed by atoms with Gasteiger partial charge in [-0.1, -0.05) is 48.5 Å². The molecule has 0 bridgehead atoms. The summed E-state index contributed by atoms with van der Waals surface area (Å²) in [6, 6.07) is 20.5. The van der Waals surface area contributed by atoms with Crippen LogP contribution in [0.15, 0.2) is 83.2 Å². The Labute approximate surface area is 230 Å². The van der Waals surface area contributed by atoms with E-state index in [9.17, 15) is 9.59 Å². The van der Waals surface area contributed by atoms with Gasteiger partial charge in [0.15, 0.2) is 23.1 Å². The van der Waals surface area contributed by atoms with Crippen molar-refractivity contribution in [1.29, 1.82) is 0 Å². The number of carbonyl (C=O) groups is 2. The molecule has 0 atom stereocenters. The Morgan fingerprint density at radius 1 is 0.769 bits per heavy atom. The van der Waals surface area contributed by atoms with Gasteiger partial charge in [0.05, 0.1) is 6.61 Å². The predicted octanol–water partition coefficient (Wildman–Crippen LogP) is 7.25. The van der Waals surface area contributed by atoms with Gasteiger partial charge in [-0.15, -0.1) is 0 Å². The summed E-state index contributed by atoms with van der Waals surface area (Å²) in [6.45, 7) is 5.75. The summed E-state index contributed by atoms with van der Waals surface area (Å²) in [7, 11) is 0. The van der Waals surface area contributed by atoms with Crippen molar-refractivity contribution in [3.05, 3.63) is 94.3 Å². The van der Waals surface area contributed by atoms with Crippen LogP contribution in [-0.4, -0.2) is 29.6 Å². The highest BCUT2D eigenvalue weighted by Crippen LogP contribution is 2.50. The number of rotatable bonds is 7. The van der Waals surface area contributed by atoms with Crippen molar-refractivity contribution in [2.75, 3.05) is 13.2 Å². The summed E-state index contributed by atoms with van der Waals surface area (Å²) in [4.78, 5) is 29.1. The third-order valence-electron chi connectivity index (χ3n) is 8.27. The molecule has 5 nitrogen and oxygen atoms in total. The van der Waals surface area contributed by atoms with Crippen LogP contribution in [0, 0.1) is 0 Å². The third-order valence-corrected chi connectivity index (χ3v) is 8.27. The molecule has 39 heavy (non-hydrogen) atoms. The monoisotopic (exact) mass is 521 g/mol. The van der Waals surface area contributed by atoms with E-state index in [1.54, 1.807) is 0 Å². The molecular formula is C34H35NO4. The van der Waals surface area contributed by atoms with Crippen LogP contribution >= 0.6 is 0 Å². The molecule has 1 heterocycles. The second-order valence-corrected chi connectivity index (χ2v) is 10.5. The zero-order valence-electron chi connectivity index (χ0n) is 22.8. The molecule has 0 radical (unpaired) electrons. The summed E-state index contributed by atoms with van der Waals surface area (Å²) >= 11 is 0. The van der Waals surface area contributed by atoms with Crippen molar-refractivity contribution in [3.8, 4) is 11.5 Å². The van der Waals surface area contributed by atoms with Crippen molar-refractivity contribution in [2.24, 2.45) is 0 Å². The largest absolute Gasteiger partial charge is 0.490 e. The molecule has 0 saturated heterocycles. The van der Waals surface area contributed by atoms with Crippen LogP contribution in [0.3, 0.4) is 0 Å². The Bertz CT molecular complexity index is 1470. The fourth-order valence-electron chi connectivity index (χ4n) is 6.60. The molecular weight excluding hydrogens is 486 g/mol. The number of hydrogen-bond acceptors (Lipinski definition) is 5. The highest BCUT2D eigenvalue weighted by Gasteiger charge is 2.43. The summed E-state index contributed by atoms with van der Waals surface area (Å²) in [5.41, 5.74) is 5.88. The molecule has 0 aromatic heterocycles. The number of nitrogens with zero attached hydrogens (tertiary/aromatic N) is 1. The summed E-state index contributed by atoms with van der Waals surface area (Å²) < 4.78 is 12.4. The van der Waals surface area contributed by atoms with Gasteiger partial charge < -0.3 is 14.4 Å². The fourth-order valence-corrected chi connectivity index (χ4v) is 6.60. The van der Waals surface area contributed by atoms with Crippen LogP contribution in [-0.2, 0) is 16.2 Å². The normalized spacial score (nSPS) is 17.9. The second-order valence-electron chi connectivity index (χ2n) is 10.5. The van der Waals surface area contributed by atoms with E-state index in [2.05, 4.69) is 42.2 Å². The summed E-state index contributed by atoms with van der Waals surface area (Å²) in [5.74, 6) is 1.29. The molecule has 200 valence electrons. The molecule has 0 saturated carbocycles. The zero-order valence-corrected chi connectivity index (χ0v) is 22.8. The molecule has 2 aliphatic carbocycles. The number of carbonyl (C=O) groups excluding carboxylic acids is 2. The van der Waals surface area contributed by atoms with E-state index >= 15 is 0 Å². The highest BCUT2D eigenvalue weighted by molar-refractivity contribution is 6.06. The van der Waals surface area contributed by atoms with Crippen LogP contribution in [0.1, 0.15) is 69.4 Å². The first-order valence-corrected chi connectivity index (χ1v) is 14.3. The van der Waals surface area contributed by atoms with Crippen molar-refractivity contribution >= 4 is 22.3 Å². The van der Waals surface area contributed by atoms with Gasteiger partial charge in [0.2, 0.25) is 0 Å². The van der Waals surface area contributed by atoms with Gasteiger partial charge in [-0.25, -0.2) is 0 Å². The van der Waals surface area contributed by atoms with Crippen molar-refractivity contribution in [1.82, 2.24) is 4.90 Å². The average molecular weight is 522 g/mol. The van der Waals surface area contributed by atoms with E-state index < -0.39 is 0 Å². The highest BCUT2D eigenvalue weighted by atomic mass is 16.5. The van der Waals surface area contributed by atoms with Crippen molar-refractivity contribution < 1.29 is 19.1 Å². The van der Waals surface area contributed by atoms with Gasteiger partial charge >= 0.3 is 0 Å². The standard InChI is InChI=1S/C34H35NO4/c1-3-35-26-14-8-16-28(36)33(26)32(34-27(35)15-9-17-29(34)37)23-18-19-30(31(20-23)38-4-2)39-21-24-12-7-11-22-10-5-6-13-25(22)24/h5-7,10-13,18-20,32H,3-4,8-9,14-17,21H2,1-2H3. The molecule has 3 aromatic carbocycles. The SMILES string of the molecule is CCOc1cc(C2C3=C(CCCC3=O)N(CC)C3=C2C(=O)CCC3)ccc1OCc1cccc2ccccc12. The molecule has 1 aliphatic heterocycles. The minimum absolute atomic E-state index is 0.166. The molecule has 5 heteroatoms. The van der Waals surface area contributed by atoms with E-state index in [0.717, 1.165) is 65.9 Å². The second kappa shape index (κ2) is 10.7. The quantitative estimate of drug-likeness (QED) is 0.328. The number of fused-ring (bicyclic) bond motifs is 1. The maximum absolute atomic E-state index is 13.4. The lowest BCUT2D eigenvalue weighted by molar-refractivity contribution is -0.117. The van der Waals surface area contributed by atoms with Crippen molar-refractivity contribution in [2.45, 2.75) is 64.9 Å². The molecule has 6 rings (SSSR count). The maximum Gasteiger partial charge on any atom is 0.161 e. The lowest BCUT2D eigenvalue weighted by Gasteiger charge is -2.43. The Hall–Kier alpha value is -3.86. The van der Waals surface area contributed by atoms with Crippen LogP contribution in [0.2, 0.25) is 0 Å². The van der Waals surface area contributed by atoms with Crippen LogP contribution in [0.4, 0.5) is 0 Å². The van der Waals surface area contributed by atoms with Crippen molar-refractivity contribution in [3.63, 3.8) is 0 Å². The van der Waals surface area contributed by atoms with E-state index in [4.69, 9.17) is 9.47 Å². The first kappa shape index (κ1) is 25.4. The van der Waals surface area contributed by atoms with Gasteiger partial charge in [0, 0.05) is 47.8 Å². The van der Waals surface area contributed by atoms with E-state index in [-0.39, 0.29) is 17.5 Å². The molecule has 0 unspecified atom stereocenters. The average Bonchev–Trinajstić information content (AvgIpc) is 2.96. The first-order valence-electron chi connectivity index (χ1n) is 14.3. The maximum atomic E-state index is 13.4. The van der Waals surface area contributed by atoms with Gasteiger partial charge in [-0.05, 0) is 73.6 Å². The minimum Gasteiger partial charge on any atom is -0.490 e. The smallest absolute Gasteiger partial charge is 0.161 e. The first-order chi connectivity index (χ1) is 19.1. The van der Waals surface area contributed by atoms with Gasteiger partial charge in [0.25, 0.3) is 0 Å². The third kappa shape index (κ3) is 4.54. The fraction of sp³-hybridized carbons (Fsp3) is 0.353. The molecule has 0 N–H and O–H groups in total. The van der Waals surface area contributed by atoms with Gasteiger partial charge in [-0.2, -0.15) is 0 Å². The lowest BCUT2D eigenvalue weighted by atomic mass is 9.71. The minimum atomic E-state index is -0.343. The Kier molecular flexibility index (Phi) is 6.99. The number of Topliss-reactive ketones (excluding diaryl/α,β-unsaturated/α-hetero) is 2. The summed E-state index contributed by atoms with van der Waals surface area (Å²) in [6.07, 6.45) is 4.55. The van der Waals surface area contributed by atoms with E-state index in [0.29, 0.717) is 37.6 Å². The number of hydrogen-bond donors (Lipinski definition) is 0. The number of benzene rings is 3. The van der Waals surface area contributed by atoms with Crippen LogP contribution in [0.25, 0.3) is 10.8 Å². The number of ether oxygens (including phenoxy) is 2. The van der Waals surface area contributed by atoms with Gasteiger partial charge in [-0.3, -0.25) is 9.59 Å². The molecule has 3 aliphatic rings. The van der Waals surface area contributed by atoms with Crippen LogP contribution in [0.5, 0.6) is 11.5 Å². The molecule has 0 fully saturated rings. The zero-order chi connectivity index (χ0) is 26.9. The number of ketones is 2. The Morgan fingerprint density at radius 2 is 1.46 bits per heavy atom.